The van der Waals surface area contributed by atoms with E-state index in [0.29, 0.717) is 23.6 Å². The van der Waals surface area contributed by atoms with Crippen LogP contribution in [0.5, 0.6) is 0 Å². The molecule has 0 aliphatic carbocycles. The minimum absolute atomic E-state index is 0.112. The van der Waals surface area contributed by atoms with Crippen LogP contribution in [0.3, 0.4) is 0 Å². The molecular weight excluding hydrogens is 435 g/mol. The van der Waals surface area contributed by atoms with Crippen LogP contribution in [0.4, 0.5) is 23.9 Å². The lowest BCUT2D eigenvalue weighted by atomic mass is 9.91. The Morgan fingerprint density at radius 3 is 2.61 bits per heavy atom. The maximum Gasteiger partial charge on any atom is 0.393 e. The molecule has 0 aliphatic heterocycles. The van der Waals surface area contributed by atoms with E-state index in [1.54, 1.807) is 13.0 Å². The maximum absolute atomic E-state index is 12.8. The maximum atomic E-state index is 12.8. The van der Waals surface area contributed by atoms with Gasteiger partial charge in [0.1, 0.15) is 0 Å². The molecule has 2 amide bonds. The van der Waals surface area contributed by atoms with Crippen molar-refractivity contribution in [2.45, 2.75) is 44.9 Å². The summed E-state index contributed by atoms with van der Waals surface area (Å²) >= 11 is 0. The van der Waals surface area contributed by atoms with E-state index < -0.39 is 18.1 Å². The number of aromatic nitrogens is 2. The van der Waals surface area contributed by atoms with Gasteiger partial charge in [0.25, 0.3) is 0 Å². The van der Waals surface area contributed by atoms with Crippen LogP contribution in [-0.2, 0) is 18.5 Å². The third-order valence-electron chi connectivity index (χ3n) is 5.25. The molecule has 1 aromatic heterocycles. The predicted octanol–water partition coefficient (Wildman–Crippen LogP) is 4.20. The minimum Gasteiger partial charge on any atom is -0.394 e. The minimum atomic E-state index is -4.32. The number of rotatable bonds is 9. The average molecular weight is 464 g/mol. The molecule has 33 heavy (non-hydrogen) atoms. The zero-order chi connectivity index (χ0) is 24.1. The van der Waals surface area contributed by atoms with Crippen molar-refractivity contribution in [2.75, 3.05) is 18.5 Å². The quantitative estimate of drug-likeness (QED) is 0.328. The molecule has 2 aromatic carbocycles. The first kappa shape index (κ1) is 24.4. The summed E-state index contributed by atoms with van der Waals surface area (Å²) in [5, 5.41) is 18.7. The van der Waals surface area contributed by atoms with Crippen LogP contribution in [0.15, 0.2) is 42.5 Å². The fourth-order valence-corrected chi connectivity index (χ4v) is 3.49. The van der Waals surface area contributed by atoms with Crippen LogP contribution in [0.1, 0.15) is 37.0 Å². The molecule has 1 atom stereocenters. The van der Waals surface area contributed by atoms with Gasteiger partial charge in [0, 0.05) is 13.1 Å². The first-order chi connectivity index (χ1) is 15.6. The highest BCUT2D eigenvalue weighted by Gasteiger charge is 2.30. The van der Waals surface area contributed by atoms with Crippen molar-refractivity contribution in [3.8, 4) is 0 Å². The summed E-state index contributed by atoms with van der Waals surface area (Å²) in [6.45, 7) is 4.13. The molecule has 0 fully saturated rings. The molecule has 5 N–H and O–H groups in total. The molecule has 0 spiro atoms. The number of carbonyl (C=O) groups excluding carboxylic acids is 1. The molecule has 10 heteroatoms. The highest BCUT2D eigenvalue weighted by Crippen LogP contribution is 2.29. The standard InChI is InChI=1S/C23H28F3N5O2/c1-3-10-27-21(33)28-13-16-7-5-9-18-19(16)30-20(29-18)31-22(2,14-32)17-8-4-6-15(11-17)12-23(24,25)26/h4-9,11,32H,3,10,12-14H2,1-2H3,(H2,27,28,33)(H2,29,30,31). The van der Waals surface area contributed by atoms with E-state index in [4.69, 9.17) is 0 Å². The van der Waals surface area contributed by atoms with E-state index in [0.717, 1.165) is 17.5 Å². The Balaban J connectivity index is 1.81. The number of fused-ring (bicyclic) bond motifs is 1. The Labute approximate surface area is 189 Å². The van der Waals surface area contributed by atoms with Crippen molar-refractivity contribution in [3.05, 3.63) is 59.2 Å². The van der Waals surface area contributed by atoms with Gasteiger partial charge in [0.2, 0.25) is 5.95 Å². The summed E-state index contributed by atoms with van der Waals surface area (Å²) in [4.78, 5) is 19.5. The van der Waals surface area contributed by atoms with Crippen LogP contribution in [0.2, 0.25) is 0 Å². The summed E-state index contributed by atoms with van der Waals surface area (Å²) in [6, 6.07) is 11.3. The van der Waals surface area contributed by atoms with Gasteiger partial charge in [0.05, 0.1) is 29.6 Å². The van der Waals surface area contributed by atoms with Gasteiger partial charge in [-0.2, -0.15) is 13.2 Å². The molecule has 3 aromatic rings. The summed E-state index contributed by atoms with van der Waals surface area (Å²) in [7, 11) is 0. The summed E-state index contributed by atoms with van der Waals surface area (Å²) in [5.74, 6) is 0.352. The first-order valence-corrected chi connectivity index (χ1v) is 10.7. The SMILES string of the molecule is CCCNC(=O)NCc1cccc2[nH]c(NC(C)(CO)c3cccc(CC(F)(F)F)c3)nc12. The van der Waals surface area contributed by atoms with E-state index in [-0.39, 0.29) is 24.7 Å². The monoisotopic (exact) mass is 463 g/mol. The van der Waals surface area contributed by atoms with Crippen molar-refractivity contribution in [3.63, 3.8) is 0 Å². The molecule has 0 saturated carbocycles. The second kappa shape index (κ2) is 10.1. The highest BCUT2D eigenvalue weighted by atomic mass is 19.4. The number of H-pyrrole nitrogens is 1. The van der Waals surface area contributed by atoms with Gasteiger partial charge in [-0.1, -0.05) is 43.3 Å². The molecule has 1 unspecified atom stereocenters. The van der Waals surface area contributed by atoms with E-state index in [9.17, 15) is 23.1 Å². The number of hydrogen-bond acceptors (Lipinski definition) is 4. The van der Waals surface area contributed by atoms with E-state index in [2.05, 4.69) is 25.9 Å². The molecule has 0 radical (unpaired) electrons. The highest BCUT2D eigenvalue weighted by molar-refractivity contribution is 5.82. The van der Waals surface area contributed by atoms with Gasteiger partial charge in [-0.15, -0.1) is 0 Å². The van der Waals surface area contributed by atoms with Crippen LogP contribution >= 0.6 is 0 Å². The zero-order valence-electron chi connectivity index (χ0n) is 18.5. The average Bonchev–Trinajstić information content (AvgIpc) is 3.17. The molecule has 3 rings (SSSR count). The predicted molar refractivity (Wildman–Crippen MR) is 121 cm³/mol. The second-order valence-electron chi connectivity index (χ2n) is 8.12. The Morgan fingerprint density at radius 2 is 1.91 bits per heavy atom. The number of alkyl halides is 3. The van der Waals surface area contributed by atoms with Gasteiger partial charge in [-0.3, -0.25) is 0 Å². The molecule has 0 bridgehead atoms. The lowest BCUT2D eigenvalue weighted by Gasteiger charge is -2.29. The second-order valence-corrected chi connectivity index (χ2v) is 8.12. The summed E-state index contributed by atoms with van der Waals surface area (Å²) in [5.41, 5.74) is 1.69. The number of benzene rings is 2. The number of para-hydroxylation sites is 1. The van der Waals surface area contributed by atoms with Crippen molar-refractivity contribution in [1.82, 2.24) is 20.6 Å². The fraction of sp³-hybridized carbons (Fsp3) is 0.391. The van der Waals surface area contributed by atoms with Gasteiger partial charge in [0.15, 0.2) is 0 Å². The number of urea groups is 1. The number of amides is 2. The Bertz CT molecular complexity index is 1100. The lowest BCUT2D eigenvalue weighted by Crippen LogP contribution is -2.36. The van der Waals surface area contributed by atoms with Crippen molar-refractivity contribution < 1.29 is 23.1 Å². The summed E-state index contributed by atoms with van der Waals surface area (Å²) in [6.07, 6.45) is -4.53. The summed E-state index contributed by atoms with van der Waals surface area (Å²) < 4.78 is 38.5. The molecule has 1 heterocycles. The molecule has 0 aliphatic rings. The fourth-order valence-electron chi connectivity index (χ4n) is 3.49. The number of carbonyl (C=O) groups is 1. The lowest BCUT2D eigenvalue weighted by molar-refractivity contribution is -0.127. The number of aliphatic hydroxyl groups is 1. The van der Waals surface area contributed by atoms with Crippen molar-refractivity contribution in [1.29, 1.82) is 0 Å². The number of hydrogen-bond donors (Lipinski definition) is 5. The van der Waals surface area contributed by atoms with Crippen LogP contribution < -0.4 is 16.0 Å². The van der Waals surface area contributed by atoms with Gasteiger partial charge >= 0.3 is 12.2 Å². The van der Waals surface area contributed by atoms with Crippen molar-refractivity contribution >= 4 is 23.0 Å². The van der Waals surface area contributed by atoms with Crippen molar-refractivity contribution in [2.24, 2.45) is 0 Å². The van der Waals surface area contributed by atoms with E-state index in [1.165, 1.54) is 18.2 Å². The molecular formula is C23H28F3N5O2. The van der Waals surface area contributed by atoms with Crippen LogP contribution in [-0.4, -0.2) is 40.4 Å². The van der Waals surface area contributed by atoms with E-state index in [1.807, 2.05) is 25.1 Å². The van der Waals surface area contributed by atoms with Gasteiger partial charge in [-0.25, -0.2) is 9.78 Å². The van der Waals surface area contributed by atoms with E-state index >= 15 is 0 Å². The topological polar surface area (TPSA) is 102 Å². The molecule has 7 nitrogen and oxygen atoms in total. The number of imidazole rings is 1. The van der Waals surface area contributed by atoms with Crippen LogP contribution in [0.25, 0.3) is 11.0 Å². The number of anilines is 1. The Kier molecular flexibility index (Phi) is 7.47. The van der Waals surface area contributed by atoms with Gasteiger partial charge < -0.3 is 26.0 Å². The number of nitrogens with zero attached hydrogens (tertiary/aromatic N) is 1. The Morgan fingerprint density at radius 1 is 1.15 bits per heavy atom. The zero-order valence-corrected chi connectivity index (χ0v) is 18.5. The van der Waals surface area contributed by atoms with Crippen LogP contribution in [0, 0.1) is 0 Å². The third-order valence-corrected chi connectivity index (χ3v) is 5.25. The Hall–Kier alpha value is -3.27. The molecule has 0 saturated heterocycles. The number of nitrogens with one attached hydrogen (secondary N) is 4. The third kappa shape index (κ3) is 6.38. The first-order valence-electron chi connectivity index (χ1n) is 10.7. The van der Waals surface area contributed by atoms with Gasteiger partial charge in [-0.05, 0) is 36.1 Å². The number of halogens is 3. The largest absolute Gasteiger partial charge is 0.394 e. The number of aromatic amines is 1. The smallest absolute Gasteiger partial charge is 0.393 e. The number of aliphatic hydroxyl groups excluding tert-OH is 1. The normalized spacial score (nSPS) is 13.5. The molecule has 178 valence electrons.